The maximum absolute atomic E-state index is 10.6. The molecule has 15 heavy (non-hydrogen) atoms. The molecule has 3 atom stereocenters. The molecule has 0 saturated heterocycles. The Labute approximate surface area is 92.1 Å². The van der Waals surface area contributed by atoms with Gasteiger partial charge < -0.3 is 5.11 Å². The van der Waals surface area contributed by atoms with Crippen molar-refractivity contribution in [2.24, 2.45) is 11.8 Å². The molecular formula is C14H20O. The summed E-state index contributed by atoms with van der Waals surface area (Å²) in [6.45, 7) is 4.53. The first-order valence-electron chi connectivity index (χ1n) is 5.90. The van der Waals surface area contributed by atoms with E-state index in [-0.39, 0.29) is 0 Å². The zero-order valence-electron chi connectivity index (χ0n) is 9.61. The van der Waals surface area contributed by atoms with Crippen molar-refractivity contribution >= 4 is 0 Å². The number of aliphatic hydroxyl groups is 1. The summed E-state index contributed by atoms with van der Waals surface area (Å²) in [6, 6.07) is 10.1. The van der Waals surface area contributed by atoms with Crippen molar-refractivity contribution in [3.05, 3.63) is 35.9 Å². The van der Waals surface area contributed by atoms with Crippen LogP contribution < -0.4 is 0 Å². The van der Waals surface area contributed by atoms with Gasteiger partial charge >= 0.3 is 0 Å². The van der Waals surface area contributed by atoms with E-state index in [1.165, 1.54) is 0 Å². The summed E-state index contributed by atoms with van der Waals surface area (Å²) < 4.78 is 0. The summed E-state index contributed by atoms with van der Waals surface area (Å²) in [5.74, 6) is 1.36. The predicted molar refractivity (Wildman–Crippen MR) is 62.5 cm³/mol. The molecule has 2 rings (SSSR count). The molecule has 1 N–H and O–H groups in total. The molecule has 0 bridgehead atoms. The van der Waals surface area contributed by atoms with Gasteiger partial charge in [0, 0.05) is 0 Å². The maximum Gasteiger partial charge on any atom is 0.0899 e. The van der Waals surface area contributed by atoms with Crippen LogP contribution in [0.3, 0.4) is 0 Å². The Balaban J connectivity index is 2.21. The first kappa shape index (κ1) is 10.7. The van der Waals surface area contributed by atoms with Crippen molar-refractivity contribution in [3.63, 3.8) is 0 Å². The summed E-state index contributed by atoms with van der Waals surface area (Å²) >= 11 is 0. The second kappa shape index (κ2) is 3.97. The van der Waals surface area contributed by atoms with Gasteiger partial charge in [0.15, 0.2) is 0 Å². The van der Waals surface area contributed by atoms with E-state index in [1.807, 2.05) is 30.3 Å². The summed E-state index contributed by atoms with van der Waals surface area (Å²) in [4.78, 5) is 0. The van der Waals surface area contributed by atoms with E-state index in [2.05, 4.69) is 13.8 Å². The monoisotopic (exact) mass is 204 g/mol. The number of hydrogen-bond donors (Lipinski definition) is 1. The largest absolute Gasteiger partial charge is 0.385 e. The van der Waals surface area contributed by atoms with Crippen LogP contribution in [0.2, 0.25) is 0 Å². The van der Waals surface area contributed by atoms with Gasteiger partial charge in [0.2, 0.25) is 0 Å². The van der Waals surface area contributed by atoms with Gasteiger partial charge in [0.25, 0.3) is 0 Å². The quantitative estimate of drug-likeness (QED) is 0.744. The molecule has 1 aliphatic rings. The van der Waals surface area contributed by atoms with E-state index in [0.717, 1.165) is 30.7 Å². The number of hydrogen-bond acceptors (Lipinski definition) is 1. The topological polar surface area (TPSA) is 20.2 Å². The van der Waals surface area contributed by atoms with Crippen LogP contribution in [-0.4, -0.2) is 5.11 Å². The highest BCUT2D eigenvalue weighted by molar-refractivity contribution is 5.23. The van der Waals surface area contributed by atoms with Crippen LogP contribution in [-0.2, 0) is 5.60 Å². The van der Waals surface area contributed by atoms with Gasteiger partial charge in [-0.2, -0.15) is 0 Å². The highest BCUT2D eigenvalue weighted by Gasteiger charge is 2.36. The Morgan fingerprint density at radius 1 is 1.13 bits per heavy atom. The van der Waals surface area contributed by atoms with Gasteiger partial charge in [-0.1, -0.05) is 44.2 Å². The Hall–Kier alpha value is -0.820. The Bertz CT molecular complexity index is 319. The molecule has 0 unspecified atom stereocenters. The molecule has 0 aliphatic heterocycles. The summed E-state index contributed by atoms with van der Waals surface area (Å²) in [5.41, 5.74) is 0.511. The van der Waals surface area contributed by atoms with Crippen molar-refractivity contribution in [3.8, 4) is 0 Å². The molecule has 82 valence electrons. The minimum absolute atomic E-state index is 0.576. The van der Waals surface area contributed by atoms with Crippen LogP contribution in [0.4, 0.5) is 0 Å². The molecule has 1 aromatic carbocycles. The smallest absolute Gasteiger partial charge is 0.0899 e. The Kier molecular flexibility index (Phi) is 2.83. The average Bonchev–Trinajstić information content (AvgIpc) is 2.26. The molecule has 1 nitrogen and oxygen atoms in total. The fraction of sp³-hybridized carbons (Fsp3) is 0.571. The first-order valence-corrected chi connectivity index (χ1v) is 5.90. The lowest BCUT2D eigenvalue weighted by Crippen LogP contribution is -2.35. The van der Waals surface area contributed by atoms with E-state index >= 15 is 0 Å². The second-order valence-electron chi connectivity index (χ2n) is 5.09. The molecule has 1 fully saturated rings. The zero-order valence-corrected chi connectivity index (χ0v) is 9.61. The average molecular weight is 204 g/mol. The zero-order chi connectivity index (χ0) is 10.9. The highest BCUT2D eigenvalue weighted by Crippen LogP contribution is 2.42. The summed E-state index contributed by atoms with van der Waals surface area (Å²) in [5, 5.41) is 10.6. The van der Waals surface area contributed by atoms with E-state index in [1.54, 1.807) is 0 Å². The molecule has 0 aromatic heterocycles. The van der Waals surface area contributed by atoms with Crippen molar-refractivity contribution < 1.29 is 5.11 Å². The molecular weight excluding hydrogens is 184 g/mol. The lowest BCUT2D eigenvalue weighted by Gasteiger charge is -2.39. The van der Waals surface area contributed by atoms with Gasteiger partial charge in [0.05, 0.1) is 5.60 Å². The molecule has 0 spiro atoms. The third-order valence-corrected chi connectivity index (χ3v) is 3.96. The molecule has 1 aromatic rings. The van der Waals surface area contributed by atoms with Crippen molar-refractivity contribution in [1.82, 2.24) is 0 Å². The van der Waals surface area contributed by atoms with E-state index in [0.29, 0.717) is 5.92 Å². The third kappa shape index (κ3) is 2.07. The molecule has 1 aliphatic carbocycles. The van der Waals surface area contributed by atoms with Crippen LogP contribution in [0.5, 0.6) is 0 Å². The fourth-order valence-corrected chi connectivity index (χ4v) is 2.60. The molecule has 0 radical (unpaired) electrons. The van der Waals surface area contributed by atoms with Gasteiger partial charge in [-0.3, -0.25) is 0 Å². The summed E-state index contributed by atoms with van der Waals surface area (Å²) in [7, 11) is 0. The van der Waals surface area contributed by atoms with Crippen LogP contribution in [0.1, 0.15) is 38.7 Å². The lowest BCUT2D eigenvalue weighted by molar-refractivity contribution is -0.0336. The summed E-state index contributed by atoms with van der Waals surface area (Å²) in [6.07, 6.45) is 2.94. The van der Waals surface area contributed by atoms with Crippen molar-refractivity contribution in [2.75, 3.05) is 0 Å². The van der Waals surface area contributed by atoms with Crippen LogP contribution in [0.15, 0.2) is 30.3 Å². The lowest BCUT2D eigenvalue weighted by atomic mass is 9.70. The van der Waals surface area contributed by atoms with Crippen LogP contribution in [0.25, 0.3) is 0 Å². The predicted octanol–water partition coefficient (Wildman–Crippen LogP) is 3.33. The van der Waals surface area contributed by atoms with Gasteiger partial charge in [-0.05, 0) is 36.7 Å². The Morgan fingerprint density at radius 2 is 1.80 bits per heavy atom. The normalized spacial score (nSPS) is 36.5. The van der Waals surface area contributed by atoms with Gasteiger partial charge in [-0.15, -0.1) is 0 Å². The van der Waals surface area contributed by atoms with Gasteiger partial charge in [0.1, 0.15) is 0 Å². The van der Waals surface area contributed by atoms with Crippen molar-refractivity contribution in [1.29, 1.82) is 0 Å². The van der Waals surface area contributed by atoms with Crippen molar-refractivity contribution in [2.45, 2.75) is 38.7 Å². The number of rotatable bonds is 1. The van der Waals surface area contributed by atoms with E-state index in [9.17, 15) is 5.11 Å². The van der Waals surface area contributed by atoms with Crippen LogP contribution in [0, 0.1) is 11.8 Å². The SMILES string of the molecule is C[C@@H]1CC[C@@](O)(c2ccccc2)C[C@@H]1C. The molecule has 1 heteroatoms. The molecule has 1 saturated carbocycles. The van der Waals surface area contributed by atoms with E-state index in [4.69, 9.17) is 0 Å². The fourth-order valence-electron chi connectivity index (χ4n) is 2.60. The molecule has 0 amide bonds. The van der Waals surface area contributed by atoms with Crippen LogP contribution >= 0.6 is 0 Å². The van der Waals surface area contributed by atoms with E-state index < -0.39 is 5.60 Å². The highest BCUT2D eigenvalue weighted by atomic mass is 16.3. The molecule has 0 heterocycles. The second-order valence-corrected chi connectivity index (χ2v) is 5.09. The third-order valence-electron chi connectivity index (χ3n) is 3.96. The number of benzene rings is 1. The standard InChI is InChI=1S/C14H20O/c1-11-8-9-14(15,10-12(11)2)13-6-4-3-5-7-13/h3-7,11-12,15H,8-10H2,1-2H3/t11-,12+,14+/m1/s1. The van der Waals surface area contributed by atoms with Gasteiger partial charge in [-0.25, -0.2) is 0 Å². The first-order chi connectivity index (χ1) is 7.12. The minimum Gasteiger partial charge on any atom is -0.385 e. The Morgan fingerprint density at radius 3 is 2.40 bits per heavy atom. The maximum atomic E-state index is 10.6. The minimum atomic E-state index is -0.576.